The van der Waals surface area contributed by atoms with Crippen LogP contribution in [-0.4, -0.2) is 72.0 Å². The highest BCUT2D eigenvalue weighted by molar-refractivity contribution is 5.86. The van der Waals surface area contributed by atoms with Crippen LogP contribution in [0.15, 0.2) is 11.6 Å². The molecule has 1 aliphatic carbocycles. The quantitative estimate of drug-likeness (QED) is 0.372. The van der Waals surface area contributed by atoms with Gasteiger partial charge in [-0.2, -0.15) is 0 Å². The Labute approximate surface area is 208 Å². The van der Waals surface area contributed by atoms with Gasteiger partial charge in [-0.25, -0.2) is 4.79 Å². The zero-order valence-electron chi connectivity index (χ0n) is 23.0. The fourth-order valence-corrected chi connectivity index (χ4v) is 4.04. The lowest BCUT2D eigenvalue weighted by molar-refractivity contribution is -0.133. The van der Waals surface area contributed by atoms with E-state index in [1.165, 1.54) is 63.4 Å². The summed E-state index contributed by atoms with van der Waals surface area (Å²) in [5.74, 6) is 0.676. The number of carbonyl (C=O) groups excluding carboxylic acids is 2. The minimum absolute atomic E-state index is 0.0736. The van der Waals surface area contributed by atoms with Crippen molar-refractivity contribution in [1.29, 1.82) is 0 Å². The van der Waals surface area contributed by atoms with Crippen molar-refractivity contribution in [3.63, 3.8) is 0 Å². The molecule has 7 heteroatoms. The van der Waals surface area contributed by atoms with Crippen molar-refractivity contribution in [3.05, 3.63) is 11.6 Å². The summed E-state index contributed by atoms with van der Waals surface area (Å²) in [6.07, 6.45) is 10.8. The summed E-state index contributed by atoms with van der Waals surface area (Å²) in [6.45, 7) is 16.9. The maximum Gasteiger partial charge on any atom is 0.331 e. The van der Waals surface area contributed by atoms with Crippen LogP contribution >= 0.6 is 0 Å². The summed E-state index contributed by atoms with van der Waals surface area (Å²) in [4.78, 5) is 36.8. The molecule has 2 amide bonds. The van der Waals surface area contributed by atoms with Crippen LogP contribution in [0.2, 0.25) is 0 Å². The Kier molecular flexibility index (Phi) is 16.6. The molecule has 34 heavy (non-hydrogen) atoms. The normalized spacial score (nSPS) is 18.5. The van der Waals surface area contributed by atoms with Gasteiger partial charge in [0.05, 0.1) is 12.6 Å². The van der Waals surface area contributed by atoms with E-state index < -0.39 is 5.97 Å². The third-order valence-electron chi connectivity index (χ3n) is 6.42. The number of carboxylic acids is 1. The second kappa shape index (κ2) is 17.5. The molecule has 0 aromatic heterocycles. The third kappa shape index (κ3) is 13.1. The van der Waals surface area contributed by atoms with Crippen molar-refractivity contribution in [2.24, 2.45) is 17.8 Å². The van der Waals surface area contributed by atoms with Crippen LogP contribution in [-0.2, 0) is 14.4 Å². The zero-order valence-corrected chi connectivity index (χ0v) is 23.0. The predicted molar refractivity (Wildman–Crippen MR) is 140 cm³/mol. The molecular weight excluding hydrogens is 430 g/mol. The number of carboxylic acid groups (broad SMARTS) is 1. The maximum absolute atomic E-state index is 11.7. The van der Waals surface area contributed by atoms with Gasteiger partial charge >= 0.3 is 5.97 Å². The molecule has 2 atom stereocenters. The van der Waals surface area contributed by atoms with Gasteiger partial charge in [-0.15, -0.1) is 0 Å². The average molecular weight is 482 g/mol. The fraction of sp³-hybridized carbons (Fsp3) is 0.815. The maximum atomic E-state index is 11.7. The first-order valence-electron chi connectivity index (χ1n) is 13.0. The highest BCUT2D eigenvalue weighted by atomic mass is 16.4. The number of carbonyl (C=O) groups is 3. The SMILES string of the molecule is C/C(=C\[C@H](C(C)C)N(C)C(=O)CNC=O)C(=O)O.CC(C)C.CC(C1CCC1)N1CCCCC1. The minimum Gasteiger partial charge on any atom is -0.478 e. The molecule has 0 bridgehead atoms. The van der Waals surface area contributed by atoms with Gasteiger partial charge in [0, 0.05) is 18.7 Å². The first kappa shape index (κ1) is 32.1. The third-order valence-corrected chi connectivity index (χ3v) is 6.42. The summed E-state index contributed by atoms with van der Waals surface area (Å²) in [5.41, 5.74) is 0.191. The molecule has 0 radical (unpaired) electrons. The van der Waals surface area contributed by atoms with Gasteiger partial charge in [0.25, 0.3) is 0 Å². The van der Waals surface area contributed by atoms with Gasteiger partial charge in [-0.05, 0) is 70.4 Å². The number of amides is 2. The molecule has 198 valence electrons. The number of piperidine rings is 1. The van der Waals surface area contributed by atoms with E-state index in [1.807, 2.05) is 13.8 Å². The summed E-state index contributed by atoms with van der Waals surface area (Å²) in [5, 5.41) is 11.1. The number of aliphatic carboxylic acids is 1. The van der Waals surface area contributed by atoms with Gasteiger partial charge < -0.3 is 20.2 Å². The molecular formula is C27H51N3O4. The lowest BCUT2D eigenvalue weighted by atomic mass is 9.79. The van der Waals surface area contributed by atoms with Crippen molar-refractivity contribution in [2.75, 3.05) is 26.7 Å². The van der Waals surface area contributed by atoms with Crippen molar-refractivity contribution >= 4 is 18.3 Å². The molecule has 1 aliphatic heterocycles. The van der Waals surface area contributed by atoms with Gasteiger partial charge in [-0.3, -0.25) is 9.59 Å². The molecule has 1 heterocycles. The van der Waals surface area contributed by atoms with Crippen molar-refractivity contribution in [3.8, 4) is 0 Å². The van der Waals surface area contributed by atoms with E-state index in [-0.39, 0.29) is 30.0 Å². The van der Waals surface area contributed by atoms with E-state index in [0.717, 1.165) is 17.9 Å². The molecule has 2 N–H and O–H groups in total. The summed E-state index contributed by atoms with van der Waals surface area (Å²) >= 11 is 0. The Balaban J connectivity index is 0.000000579. The van der Waals surface area contributed by atoms with E-state index >= 15 is 0 Å². The lowest BCUT2D eigenvalue weighted by Gasteiger charge is -2.40. The predicted octanol–water partition coefficient (Wildman–Crippen LogP) is 4.57. The number of nitrogens with zero attached hydrogens (tertiary/aromatic N) is 2. The van der Waals surface area contributed by atoms with Crippen molar-refractivity contribution < 1.29 is 19.5 Å². The Morgan fingerprint density at radius 1 is 1.03 bits per heavy atom. The van der Waals surface area contributed by atoms with E-state index in [2.05, 4.69) is 37.9 Å². The monoisotopic (exact) mass is 481 g/mol. The van der Waals surface area contributed by atoms with Gasteiger partial charge in [-0.1, -0.05) is 53.5 Å². The highest BCUT2D eigenvalue weighted by Gasteiger charge is 2.28. The molecule has 0 aromatic rings. The number of rotatable bonds is 9. The molecule has 0 spiro atoms. The minimum atomic E-state index is -1.01. The first-order valence-corrected chi connectivity index (χ1v) is 13.0. The molecule has 7 nitrogen and oxygen atoms in total. The van der Waals surface area contributed by atoms with Gasteiger partial charge in [0.15, 0.2) is 0 Å². The van der Waals surface area contributed by atoms with Crippen LogP contribution in [0.3, 0.4) is 0 Å². The van der Waals surface area contributed by atoms with Crippen LogP contribution in [0.1, 0.15) is 87.0 Å². The number of likely N-dealkylation sites (tertiary alicyclic amines) is 1. The van der Waals surface area contributed by atoms with Gasteiger partial charge in [0.2, 0.25) is 12.3 Å². The Bertz CT molecular complexity index is 621. The second-order valence-electron chi connectivity index (χ2n) is 10.7. The van der Waals surface area contributed by atoms with Crippen molar-refractivity contribution in [2.45, 2.75) is 99.1 Å². The van der Waals surface area contributed by atoms with Crippen LogP contribution in [0, 0.1) is 17.8 Å². The van der Waals surface area contributed by atoms with E-state index in [4.69, 9.17) is 5.11 Å². The summed E-state index contributed by atoms with van der Waals surface area (Å²) in [7, 11) is 1.59. The number of hydrogen-bond acceptors (Lipinski definition) is 4. The largest absolute Gasteiger partial charge is 0.478 e. The molecule has 2 rings (SSSR count). The first-order chi connectivity index (χ1) is 15.9. The molecule has 2 fully saturated rings. The zero-order chi connectivity index (χ0) is 26.3. The van der Waals surface area contributed by atoms with Crippen LogP contribution < -0.4 is 5.32 Å². The van der Waals surface area contributed by atoms with E-state index in [9.17, 15) is 14.4 Å². The molecule has 2 aliphatic rings. The summed E-state index contributed by atoms with van der Waals surface area (Å²) < 4.78 is 0. The van der Waals surface area contributed by atoms with Gasteiger partial charge in [0.1, 0.15) is 0 Å². The molecule has 1 saturated heterocycles. The number of nitrogens with one attached hydrogen (secondary N) is 1. The Hall–Kier alpha value is -1.89. The molecule has 0 aromatic carbocycles. The molecule has 1 saturated carbocycles. The van der Waals surface area contributed by atoms with Crippen LogP contribution in [0.5, 0.6) is 0 Å². The fourth-order valence-electron chi connectivity index (χ4n) is 4.04. The van der Waals surface area contributed by atoms with Crippen molar-refractivity contribution in [1.82, 2.24) is 15.1 Å². The van der Waals surface area contributed by atoms with Crippen LogP contribution in [0.4, 0.5) is 0 Å². The number of likely N-dealkylation sites (N-methyl/N-ethyl adjacent to an activating group) is 1. The van der Waals surface area contributed by atoms with Crippen LogP contribution in [0.25, 0.3) is 0 Å². The van der Waals surface area contributed by atoms with E-state index in [0.29, 0.717) is 6.41 Å². The Morgan fingerprint density at radius 3 is 1.94 bits per heavy atom. The lowest BCUT2D eigenvalue weighted by Crippen LogP contribution is -2.43. The molecule has 1 unspecified atom stereocenters. The average Bonchev–Trinajstić information content (AvgIpc) is 2.74. The number of hydrogen-bond donors (Lipinski definition) is 2. The standard InChI is InChI=1S/C12H20N2O4.C11H21N.C4H10/c1-8(2)10(5-9(3)12(17)18)14(4)11(16)6-13-7-15;1-10(11-6-5-7-11)12-8-3-2-4-9-12;1-4(2)3/h5,7-8,10H,6H2,1-4H3,(H,13,15)(H,17,18);10-11H,2-9H2,1H3;4H,1-3H3/b9-5+;;/t10-;;/m1../s1. The Morgan fingerprint density at radius 2 is 1.56 bits per heavy atom. The second-order valence-corrected chi connectivity index (χ2v) is 10.7. The highest BCUT2D eigenvalue weighted by Crippen LogP contribution is 2.32. The van der Waals surface area contributed by atoms with E-state index in [1.54, 1.807) is 13.1 Å². The summed E-state index contributed by atoms with van der Waals surface area (Å²) in [6, 6.07) is 0.570. The smallest absolute Gasteiger partial charge is 0.331 e. The topological polar surface area (TPSA) is 90.0 Å².